The Labute approximate surface area is 183 Å². The molecule has 4 rings (SSSR count). The maximum absolute atomic E-state index is 13.5. The van der Waals surface area contributed by atoms with E-state index in [-0.39, 0.29) is 43.1 Å². The van der Waals surface area contributed by atoms with Crippen LogP contribution in [0.2, 0.25) is 0 Å². The van der Waals surface area contributed by atoms with Crippen molar-refractivity contribution in [2.24, 2.45) is 5.92 Å². The molecular weight excluding hydrogens is 427 g/mol. The molecule has 0 aromatic carbocycles. The molecule has 2 aromatic rings. The van der Waals surface area contributed by atoms with Crippen LogP contribution in [0.15, 0.2) is 18.3 Å². The first kappa shape index (κ1) is 22.5. The van der Waals surface area contributed by atoms with Gasteiger partial charge in [0.05, 0.1) is 44.3 Å². The summed E-state index contributed by atoms with van der Waals surface area (Å²) in [7, 11) is 1.33. The Morgan fingerprint density at radius 3 is 2.56 bits per heavy atom. The van der Waals surface area contributed by atoms with Crippen LogP contribution in [-0.2, 0) is 29.2 Å². The average molecular weight is 453 g/mol. The lowest BCUT2D eigenvalue weighted by molar-refractivity contribution is -0.0557. The quantitative estimate of drug-likeness (QED) is 0.639. The van der Waals surface area contributed by atoms with Gasteiger partial charge in [0.25, 0.3) is 5.95 Å². The van der Waals surface area contributed by atoms with Crippen LogP contribution >= 0.6 is 0 Å². The van der Waals surface area contributed by atoms with Crippen molar-refractivity contribution in [3.63, 3.8) is 0 Å². The number of hydrogen-bond donors (Lipinski definition) is 0. The molecule has 1 aliphatic carbocycles. The molecule has 0 bridgehead atoms. The van der Waals surface area contributed by atoms with Gasteiger partial charge in [-0.3, -0.25) is 0 Å². The van der Waals surface area contributed by atoms with E-state index in [9.17, 15) is 18.0 Å². The molecule has 1 aliphatic heterocycles. The van der Waals surface area contributed by atoms with Crippen LogP contribution in [0.4, 0.5) is 18.0 Å². The summed E-state index contributed by atoms with van der Waals surface area (Å²) in [5.41, 5.74) is 1.59. The van der Waals surface area contributed by atoms with Crippen molar-refractivity contribution >= 4 is 6.09 Å². The van der Waals surface area contributed by atoms with Crippen molar-refractivity contribution in [1.82, 2.24) is 24.6 Å². The smallest absolute Gasteiger partial charge is 0.409 e. The van der Waals surface area contributed by atoms with Gasteiger partial charge >= 0.3 is 6.09 Å². The van der Waals surface area contributed by atoms with Crippen molar-refractivity contribution in [2.75, 3.05) is 20.2 Å². The molecule has 2 aliphatic rings. The molecule has 0 spiro atoms. The van der Waals surface area contributed by atoms with E-state index in [1.54, 1.807) is 12.3 Å². The van der Waals surface area contributed by atoms with Crippen molar-refractivity contribution < 1.29 is 27.4 Å². The van der Waals surface area contributed by atoms with Crippen LogP contribution in [0.5, 0.6) is 0 Å². The van der Waals surface area contributed by atoms with E-state index in [4.69, 9.17) is 4.74 Å². The number of rotatable bonds is 7. The molecule has 1 amide bonds. The van der Waals surface area contributed by atoms with Gasteiger partial charge in [-0.05, 0) is 37.3 Å². The van der Waals surface area contributed by atoms with E-state index < -0.39 is 18.7 Å². The van der Waals surface area contributed by atoms with Crippen molar-refractivity contribution in [3.8, 4) is 5.95 Å². The van der Waals surface area contributed by atoms with Crippen LogP contribution in [0.1, 0.15) is 42.8 Å². The van der Waals surface area contributed by atoms with Gasteiger partial charge in [0.15, 0.2) is 0 Å². The number of halogens is 3. The first-order valence-electron chi connectivity index (χ1n) is 10.7. The molecule has 1 saturated heterocycles. The Hall–Kier alpha value is -2.69. The summed E-state index contributed by atoms with van der Waals surface area (Å²) < 4.78 is 51.8. The normalized spacial score (nSPS) is 19.1. The summed E-state index contributed by atoms with van der Waals surface area (Å²) in [4.78, 5) is 22.0. The highest BCUT2D eigenvalue weighted by molar-refractivity contribution is 5.68. The number of aromatic nitrogens is 4. The van der Waals surface area contributed by atoms with Gasteiger partial charge in [-0.2, -0.15) is 5.10 Å². The predicted molar refractivity (Wildman–Crippen MR) is 107 cm³/mol. The molecular formula is C21H26F3N5O3. The van der Waals surface area contributed by atoms with Crippen LogP contribution in [0.25, 0.3) is 5.95 Å². The molecule has 0 N–H and O–H groups in total. The zero-order valence-electron chi connectivity index (χ0n) is 17.8. The third-order valence-electron chi connectivity index (χ3n) is 5.89. The van der Waals surface area contributed by atoms with E-state index in [1.165, 1.54) is 16.7 Å². The number of ether oxygens (including phenoxy) is 2. The highest BCUT2D eigenvalue weighted by Gasteiger charge is 2.35. The lowest BCUT2D eigenvalue weighted by Gasteiger charge is -2.37. The molecule has 8 nitrogen and oxygen atoms in total. The van der Waals surface area contributed by atoms with Crippen molar-refractivity contribution in [1.29, 1.82) is 0 Å². The van der Waals surface area contributed by atoms with Crippen molar-refractivity contribution in [3.05, 3.63) is 35.4 Å². The fourth-order valence-corrected chi connectivity index (χ4v) is 3.99. The van der Waals surface area contributed by atoms with E-state index in [1.807, 2.05) is 6.07 Å². The zero-order chi connectivity index (χ0) is 22.7. The molecule has 0 radical (unpaired) electrons. The summed E-state index contributed by atoms with van der Waals surface area (Å²) in [6.07, 6.45) is 2.28. The molecule has 0 unspecified atom stereocenters. The maximum atomic E-state index is 13.5. The largest absolute Gasteiger partial charge is 0.453 e. The summed E-state index contributed by atoms with van der Waals surface area (Å²) >= 11 is 0. The van der Waals surface area contributed by atoms with E-state index in [0.717, 1.165) is 0 Å². The van der Waals surface area contributed by atoms with E-state index >= 15 is 0 Å². The second-order valence-corrected chi connectivity index (χ2v) is 8.35. The Kier molecular flexibility index (Phi) is 6.63. The number of alkyl halides is 3. The van der Waals surface area contributed by atoms with Gasteiger partial charge in [-0.25, -0.2) is 32.6 Å². The van der Waals surface area contributed by atoms with Gasteiger partial charge in [0.1, 0.15) is 6.67 Å². The third kappa shape index (κ3) is 5.37. The number of carbonyl (C=O) groups excluding carboxylic acids is 1. The molecule has 32 heavy (non-hydrogen) atoms. The maximum Gasteiger partial charge on any atom is 0.409 e. The third-order valence-corrected chi connectivity index (χ3v) is 5.89. The standard InChI is InChI=1S/C21H26F3N5O3/c1-31-20(30)28-11-18(12-28)32-13-17-9-16(8-14-2-5-21(23,24)6-3-14)25-19(26-17)29-7-4-15(10-22)27-29/h4,7,9,14,18H,2-3,5-6,8,10-13H2,1H3. The Bertz CT molecular complexity index is 939. The average Bonchev–Trinajstić information content (AvgIpc) is 3.23. The van der Waals surface area contributed by atoms with Gasteiger partial charge in [-0.1, -0.05) is 0 Å². The SMILES string of the molecule is COC(=O)N1CC(OCc2cc(CC3CCC(F)(F)CC3)nc(-n3ccc(CF)n3)n2)C1. The van der Waals surface area contributed by atoms with E-state index in [0.29, 0.717) is 43.7 Å². The molecule has 11 heteroatoms. The Morgan fingerprint density at radius 1 is 1.19 bits per heavy atom. The van der Waals surface area contributed by atoms with Crippen LogP contribution in [-0.4, -0.2) is 63.0 Å². The second kappa shape index (κ2) is 9.43. The molecule has 2 aromatic heterocycles. The van der Waals surface area contributed by atoms with Gasteiger partial charge in [0.2, 0.25) is 5.92 Å². The van der Waals surface area contributed by atoms with Crippen LogP contribution < -0.4 is 0 Å². The lowest BCUT2D eigenvalue weighted by Crippen LogP contribution is -2.54. The number of hydrogen-bond acceptors (Lipinski definition) is 6. The van der Waals surface area contributed by atoms with Crippen LogP contribution in [0.3, 0.4) is 0 Å². The summed E-state index contributed by atoms with van der Waals surface area (Å²) in [5.74, 6) is -2.18. The Balaban J connectivity index is 1.45. The molecule has 174 valence electrons. The van der Waals surface area contributed by atoms with Gasteiger partial charge in [0, 0.05) is 24.7 Å². The fraction of sp³-hybridized carbons (Fsp3) is 0.619. The van der Waals surface area contributed by atoms with E-state index in [2.05, 4.69) is 19.8 Å². The number of carbonyl (C=O) groups is 1. The molecule has 3 heterocycles. The number of methoxy groups -OCH3 is 1. The van der Waals surface area contributed by atoms with Gasteiger partial charge in [-0.15, -0.1) is 0 Å². The van der Waals surface area contributed by atoms with Crippen LogP contribution in [0, 0.1) is 5.92 Å². The lowest BCUT2D eigenvalue weighted by atomic mass is 9.84. The minimum atomic E-state index is -2.58. The first-order valence-corrected chi connectivity index (χ1v) is 10.7. The predicted octanol–water partition coefficient (Wildman–Crippen LogP) is 3.47. The number of nitrogens with zero attached hydrogens (tertiary/aromatic N) is 5. The topological polar surface area (TPSA) is 82.4 Å². The molecule has 2 fully saturated rings. The summed E-state index contributed by atoms with van der Waals surface area (Å²) in [5, 5.41) is 4.13. The monoisotopic (exact) mass is 453 g/mol. The molecule has 1 saturated carbocycles. The summed E-state index contributed by atoms with van der Waals surface area (Å²) in [6.45, 7) is 0.374. The summed E-state index contributed by atoms with van der Waals surface area (Å²) in [6, 6.07) is 3.36. The minimum absolute atomic E-state index is 0.108. The first-order chi connectivity index (χ1) is 15.3. The second-order valence-electron chi connectivity index (χ2n) is 8.35. The number of likely N-dealkylation sites (tertiary alicyclic amines) is 1. The zero-order valence-corrected chi connectivity index (χ0v) is 17.8. The molecule has 0 atom stereocenters. The minimum Gasteiger partial charge on any atom is -0.453 e. The highest BCUT2D eigenvalue weighted by Crippen LogP contribution is 2.37. The van der Waals surface area contributed by atoms with Gasteiger partial charge < -0.3 is 14.4 Å². The highest BCUT2D eigenvalue weighted by atomic mass is 19.3. The Morgan fingerprint density at radius 2 is 1.91 bits per heavy atom. The number of amides is 1. The fourth-order valence-electron chi connectivity index (χ4n) is 3.99. The van der Waals surface area contributed by atoms with Crippen molar-refractivity contribution in [2.45, 2.75) is 57.4 Å².